The number of rotatable bonds is 4. The van der Waals surface area contributed by atoms with Crippen LogP contribution >= 0.6 is 22.9 Å². The van der Waals surface area contributed by atoms with Crippen LogP contribution in [0, 0.1) is 25.6 Å². The fourth-order valence-electron chi connectivity index (χ4n) is 4.17. The molecule has 0 bridgehead atoms. The Balaban J connectivity index is 1.37. The summed E-state index contributed by atoms with van der Waals surface area (Å²) in [6, 6.07) is 11.9. The number of fused-ring (bicyclic) bond motifs is 1. The van der Waals surface area contributed by atoms with Crippen molar-refractivity contribution in [2.45, 2.75) is 26.7 Å². The molecule has 170 valence electrons. The van der Waals surface area contributed by atoms with E-state index in [0.717, 1.165) is 40.5 Å². The SMILES string of the molecule is Cc1ccc(NC(=O)[C@@H]2CCCN(c3nc4c(s3)c(C)nn4-c3cccc(F)c3)C2)c(Cl)c1. The number of halogens is 2. The van der Waals surface area contributed by atoms with Gasteiger partial charge in [0.05, 0.1) is 32.7 Å². The number of hydrogen-bond donors (Lipinski definition) is 1. The second-order valence-electron chi connectivity index (χ2n) is 8.38. The first-order valence-corrected chi connectivity index (χ1v) is 12.0. The van der Waals surface area contributed by atoms with E-state index in [0.29, 0.717) is 28.6 Å². The summed E-state index contributed by atoms with van der Waals surface area (Å²) in [5.74, 6) is -0.513. The number of benzene rings is 2. The van der Waals surface area contributed by atoms with Crippen molar-refractivity contribution in [3.05, 3.63) is 64.6 Å². The lowest BCUT2D eigenvalue weighted by molar-refractivity contribution is -0.120. The molecule has 0 unspecified atom stereocenters. The number of carbonyl (C=O) groups is 1. The van der Waals surface area contributed by atoms with Crippen LogP contribution in [0.3, 0.4) is 0 Å². The molecular weight excluding hydrogens is 461 g/mol. The summed E-state index contributed by atoms with van der Waals surface area (Å²) in [6.07, 6.45) is 1.71. The van der Waals surface area contributed by atoms with E-state index in [1.54, 1.807) is 22.1 Å². The lowest BCUT2D eigenvalue weighted by Crippen LogP contribution is -2.40. The summed E-state index contributed by atoms with van der Waals surface area (Å²) >= 11 is 7.85. The lowest BCUT2D eigenvalue weighted by atomic mass is 9.97. The standard InChI is InChI=1S/C24H23ClFN5OS/c1-14-8-9-20(19(25)11-14)27-23(32)16-5-4-10-30(13-16)24-28-22-21(33-24)15(2)29-31(22)18-7-3-6-17(26)12-18/h3,6-9,11-12,16H,4-5,10,13H2,1-2H3,(H,27,32)/t16-/m1/s1. The van der Waals surface area contributed by atoms with E-state index >= 15 is 0 Å². The van der Waals surface area contributed by atoms with Crippen molar-refractivity contribution in [3.8, 4) is 5.69 Å². The van der Waals surface area contributed by atoms with E-state index in [9.17, 15) is 9.18 Å². The molecule has 1 fully saturated rings. The summed E-state index contributed by atoms with van der Waals surface area (Å²) in [4.78, 5) is 20.0. The van der Waals surface area contributed by atoms with Gasteiger partial charge >= 0.3 is 0 Å². The zero-order valence-corrected chi connectivity index (χ0v) is 19.9. The minimum atomic E-state index is -0.317. The number of anilines is 2. The molecule has 0 spiro atoms. The van der Waals surface area contributed by atoms with Gasteiger partial charge in [-0.25, -0.2) is 9.07 Å². The Morgan fingerprint density at radius 3 is 2.88 bits per heavy atom. The number of nitrogens with zero attached hydrogens (tertiary/aromatic N) is 4. The highest BCUT2D eigenvalue weighted by Gasteiger charge is 2.29. The number of nitrogens with one attached hydrogen (secondary N) is 1. The van der Waals surface area contributed by atoms with Crippen LogP contribution in [-0.4, -0.2) is 33.8 Å². The van der Waals surface area contributed by atoms with E-state index in [4.69, 9.17) is 16.6 Å². The second kappa shape index (κ2) is 8.76. The molecule has 1 aliphatic rings. The highest BCUT2D eigenvalue weighted by atomic mass is 35.5. The third kappa shape index (κ3) is 4.32. The Hall–Kier alpha value is -2.97. The minimum absolute atomic E-state index is 0.0336. The van der Waals surface area contributed by atoms with E-state index in [1.165, 1.54) is 12.1 Å². The van der Waals surface area contributed by atoms with Gasteiger partial charge in [-0.3, -0.25) is 4.79 Å². The van der Waals surface area contributed by atoms with Crippen LogP contribution in [0.15, 0.2) is 42.5 Å². The summed E-state index contributed by atoms with van der Waals surface area (Å²) in [5.41, 5.74) is 3.87. The van der Waals surface area contributed by atoms with Gasteiger partial charge in [-0.15, -0.1) is 0 Å². The first-order valence-electron chi connectivity index (χ1n) is 10.8. The molecule has 0 aliphatic carbocycles. The lowest BCUT2D eigenvalue weighted by Gasteiger charge is -2.31. The molecule has 3 heterocycles. The quantitative estimate of drug-likeness (QED) is 0.401. The number of amides is 1. The van der Waals surface area contributed by atoms with Gasteiger partial charge < -0.3 is 10.2 Å². The zero-order chi connectivity index (χ0) is 23.1. The van der Waals surface area contributed by atoms with E-state index in [-0.39, 0.29) is 17.6 Å². The minimum Gasteiger partial charge on any atom is -0.347 e. The highest BCUT2D eigenvalue weighted by molar-refractivity contribution is 7.22. The summed E-state index contributed by atoms with van der Waals surface area (Å²) < 4.78 is 16.4. The molecule has 1 N–H and O–H groups in total. The zero-order valence-electron chi connectivity index (χ0n) is 18.3. The molecule has 9 heteroatoms. The maximum atomic E-state index is 13.8. The Labute approximate surface area is 200 Å². The van der Waals surface area contributed by atoms with Gasteiger partial charge in [-0.05, 0) is 62.6 Å². The Bertz CT molecular complexity index is 1350. The predicted molar refractivity (Wildman–Crippen MR) is 131 cm³/mol. The van der Waals surface area contributed by atoms with Crippen LogP contribution in [0.25, 0.3) is 16.0 Å². The molecule has 33 heavy (non-hydrogen) atoms. The van der Waals surface area contributed by atoms with Gasteiger partial charge in [0, 0.05) is 13.1 Å². The summed E-state index contributed by atoms with van der Waals surface area (Å²) in [5, 5.41) is 8.93. The Morgan fingerprint density at radius 2 is 2.09 bits per heavy atom. The van der Waals surface area contributed by atoms with Gasteiger partial charge in [0.1, 0.15) is 5.82 Å². The van der Waals surface area contributed by atoms with Gasteiger partial charge in [-0.1, -0.05) is 35.1 Å². The van der Waals surface area contributed by atoms with E-state index < -0.39 is 0 Å². The number of carbonyl (C=O) groups excluding carboxylic acids is 1. The van der Waals surface area contributed by atoms with Crippen molar-refractivity contribution >= 4 is 50.0 Å². The van der Waals surface area contributed by atoms with Gasteiger partial charge in [0.25, 0.3) is 0 Å². The number of aryl methyl sites for hydroxylation is 2. The maximum absolute atomic E-state index is 13.8. The van der Waals surface area contributed by atoms with Crippen LogP contribution < -0.4 is 10.2 Å². The first kappa shape index (κ1) is 21.9. The van der Waals surface area contributed by atoms with Crippen molar-refractivity contribution in [2.75, 3.05) is 23.3 Å². The van der Waals surface area contributed by atoms with Crippen LogP contribution in [0.2, 0.25) is 5.02 Å². The largest absolute Gasteiger partial charge is 0.347 e. The van der Waals surface area contributed by atoms with Crippen molar-refractivity contribution in [1.82, 2.24) is 14.8 Å². The van der Waals surface area contributed by atoms with Crippen molar-refractivity contribution in [1.29, 1.82) is 0 Å². The van der Waals surface area contributed by atoms with Crippen LogP contribution in [-0.2, 0) is 4.79 Å². The molecule has 1 saturated heterocycles. The number of aromatic nitrogens is 3. The molecule has 0 saturated carbocycles. The first-order chi connectivity index (χ1) is 15.9. The van der Waals surface area contributed by atoms with Crippen molar-refractivity contribution in [3.63, 3.8) is 0 Å². The molecular formula is C24H23ClFN5OS. The molecule has 2 aromatic carbocycles. The van der Waals surface area contributed by atoms with Gasteiger partial charge in [0.2, 0.25) is 5.91 Å². The molecule has 0 radical (unpaired) electrons. The molecule has 1 atom stereocenters. The normalized spacial score (nSPS) is 16.4. The molecule has 2 aromatic heterocycles. The third-order valence-electron chi connectivity index (χ3n) is 5.88. The second-order valence-corrected chi connectivity index (χ2v) is 9.77. The van der Waals surface area contributed by atoms with Gasteiger partial charge in [-0.2, -0.15) is 10.1 Å². The monoisotopic (exact) mass is 483 g/mol. The van der Waals surface area contributed by atoms with E-state index in [2.05, 4.69) is 15.3 Å². The van der Waals surface area contributed by atoms with Crippen LogP contribution in [0.1, 0.15) is 24.1 Å². The average molecular weight is 484 g/mol. The summed E-state index contributed by atoms with van der Waals surface area (Å²) in [7, 11) is 0. The van der Waals surface area contributed by atoms with Crippen molar-refractivity contribution < 1.29 is 9.18 Å². The number of thiazole rings is 1. The molecule has 6 nitrogen and oxygen atoms in total. The molecule has 1 amide bonds. The highest BCUT2D eigenvalue weighted by Crippen LogP contribution is 2.35. The topological polar surface area (TPSA) is 63.1 Å². The molecule has 1 aliphatic heterocycles. The van der Waals surface area contributed by atoms with Crippen LogP contribution in [0.4, 0.5) is 15.2 Å². The third-order valence-corrected chi connectivity index (χ3v) is 7.40. The van der Waals surface area contributed by atoms with Crippen molar-refractivity contribution in [2.24, 2.45) is 5.92 Å². The maximum Gasteiger partial charge on any atom is 0.229 e. The van der Waals surface area contributed by atoms with Gasteiger partial charge in [0.15, 0.2) is 10.8 Å². The predicted octanol–water partition coefficient (Wildman–Crippen LogP) is 5.75. The number of piperidine rings is 1. The van der Waals surface area contributed by atoms with Crippen LogP contribution in [0.5, 0.6) is 0 Å². The fourth-order valence-corrected chi connectivity index (χ4v) is 5.47. The smallest absolute Gasteiger partial charge is 0.229 e. The van der Waals surface area contributed by atoms with E-state index in [1.807, 2.05) is 38.1 Å². The number of hydrogen-bond acceptors (Lipinski definition) is 5. The summed E-state index contributed by atoms with van der Waals surface area (Å²) in [6.45, 7) is 5.30. The molecule has 5 rings (SSSR count). The molecule has 4 aromatic rings. The average Bonchev–Trinajstić information content (AvgIpc) is 3.36. The Morgan fingerprint density at radius 1 is 1.24 bits per heavy atom. The Kier molecular flexibility index (Phi) is 5.80. The fraction of sp³-hybridized carbons (Fsp3) is 0.292.